The lowest BCUT2D eigenvalue weighted by Crippen LogP contribution is -2.39. The van der Waals surface area contributed by atoms with Gasteiger partial charge in [0, 0.05) is 20.1 Å². The first-order valence-corrected chi connectivity index (χ1v) is 6.66. The van der Waals surface area contributed by atoms with Gasteiger partial charge in [0.1, 0.15) is 11.5 Å². The predicted octanol–water partition coefficient (Wildman–Crippen LogP) is 1.79. The topological polar surface area (TPSA) is 74.0 Å². The van der Waals surface area contributed by atoms with E-state index in [1.54, 1.807) is 16.8 Å². The molecular formula is C14H20N2O4. The van der Waals surface area contributed by atoms with Crippen LogP contribution in [0, 0.1) is 18.8 Å². The second kappa shape index (κ2) is 5.56. The molecule has 2 heterocycles. The molecule has 1 aromatic heterocycles. The lowest BCUT2D eigenvalue weighted by molar-refractivity contribution is -0.142. The molecule has 2 rings (SSSR count). The molecule has 1 saturated heterocycles. The molecule has 0 bridgehead atoms. The van der Waals surface area contributed by atoms with Gasteiger partial charge in [-0.05, 0) is 25.0 Å². The van der Waals surface area contributed by atoms with Crippen LogP contribution >= 0.6 is 0 Å². The summed E-state index contributed by atoms with van der Waals surface area (Å²) in [5, 5.41) is 9.09. The summed E-state index contributed by atoms with van der Waals surface area (Å²) in [4.78, 5) is 26.5. The molecule has 0 aromatic carbocycles. The third kappa shape index (κ3) is 2.95. The zero-order chi connectivity index (χ0) is 14.9. The maximum Gasteiger partial charge on any atom is 0.320 e. The van der Waals surface area contributed by atoms with Crippen LogP contribution in [-0.2, 0) is 11.3 Å². The molecule has 2 amide bonds. The van der Waals surface area contributed by atoms with Crippen molar-refractivity contribution in [2.45, 2.75) is 20.4 Å². The number of hydrogen-bond donors (Lipinski definition) is 1. The van der Waals surface area contributed by atoms with Gasteiger partial charge in [0.15, 0.2) is 0 Å². The number of carboxylic acid groups (broad SMARTS) is 1. The first-order chi connectivity index (χ1) is 9.38. The molecule has 1 aliphatic heterocycles. The van der Waals surface area contributed by atoms with Gasteiger partial charge >= 0.3 is 12.0 Å². The van der Waals surface area contributed by atoms with Gasteiger partial charge < -0.3 is 19.3 Å². The van der Waals surface area contributed by atoms with Gasteiger partial charge in [-0.3, -0.25) is 4.79 Å². The van der Waals surface area contributed by atoms with Gasteiger partial charge in [0.25, 0.3) is 0 Å². The smallest absolute Gasteiger partial charge is 0.320 e. The number of likely N-dealkylation sites (tertiary alicyclic amines) is 1. The highest BCUT2D eigenvalue weighted by molar-refractivity contribution is 5.77. The van der Waals surface area contributed by atoms with Gasteiger partial charge in [-0.2, -0.15) is 0 Å². The molecule has 0 unspecified atom stereocenters. The third-order valence-electron chi connectivity index (χ3n) is 3.72. The van der Waals surface area contributed by atoms with E-state index in [0.717, 1.165) is 11.5 Å². The van der Waals surface area contributed by atoms with E-state index in [-0.39, 0.29) is 18.5 Å². The Morgan fingerprint density at radius 3 is 2.65 bits per heavy atom. The highest BCUT2D eigenvalue weighted by atomic mass is 16.4. The molecule has 110 valence electrons. The summed E-state index contributed by atoms with van der Waals surface area (Å²) in [6.07, 6.45) is 0. The number of hydrogen-bond acceptors (Lipinski definition) is 3. The van der Waals surface area contributed by atoms with Crippen molar-refractivity contribution in [2.75, 3.05) is 20.1 Å². The number of nitrogens with zero attached hydrogens (tertiary/aromatic N) is 2. The zero-order valence-electron chi connectivity index (χ0n) is 12.0. The number of amides is 2. The van der Waals surface area contributed by atoms with Crippen LogP contribution in [0.2, 0.25) is 0 Å². The Bertz CT molecular complexity index is 511. The largest absolute Gasteiger partial charge is 0.481 e. The standard InChI is InChI=1S/C14H20N2O4/c1-9-6-16(8-12(9)13(17)18)14(19)15(3)7-11-5-4-10(2)20-11/h4-5,9,12H,6-8H2,1-3H3,(H,17,18)/t9-,12-/m1/s1. The average Bonchev–Trinajstić information content (AvgIpc) is 2.94. The van der Waals surface area contributed by atoms with Gasteiger partial charge in [-0.15, -0.1) is 0 Å². The Kier molecular flexibility index (Phi) is 4.01. The highest BCUT2D eigenvalue weighted by Gasteiger charge is 2.37. The van der Waals surface area contributed by atoms with Crippen LogP contribution in [0.5, 0.6) is 0 Å². The minimum atomic E-state index is -0.836. The first-order valence-electron chi connectivity index (χ1n) is 6.66. The van der Waals surface area contributed by atoms with Crippen molar-refractivity contribution in [1.82, 2.24) is 9.80 Å². The second-order valence-electron chi connectivity index (χ2n) is 5.48. The van der Waals surface area contributed by atoms with E-state index in [1.165, 1.54) is 0 Å². The summed E-state index contributed by atoms with van der Waals surface area (Å²) in [7, 11) is 1.69. The fourth-order valence-corrected chi connectivity index (χ4v) is 2.56. The first kappa shape index (κ1) is 14.4. The molecule has 0 radical (unpaired) electrons. The van der Waals surface area contributed by atoms with E-state index in [9.17, 15) is 9.59 Å². The second-order valence-corrected chi connectivity index (χ2v) is 5.48. The summed E-state index contributed by atoms with van der Waals surface area (Å²) < 4.78 is 5.44. The van der Waals surface area contributed by atoms with Crippen LogP contribution in [0.4, 0.5) is 4.79 Å². The van der Waals surface area contributed by atoms with E-state index in [0.29, 0.717) is 13.1 Å². The Morgan fingerprint density at radius 1 is 1.45 bits per heavy atom. The number of carbonyl (C=O) groups excluding carboxylic acids is 1. The van der Waals surface area contributed by atoms with Crippen molar-refractivity contribution in [3.63, 3.8) is 0 Å². The number of carboxylic acids is 1. The minimum Gasteiger partial charge on any atom is -0.481 e. The van der Waals surface area contributed by atoms with Crippen LogP contribution < -0.4 is 0 Å². The van der Waals surface area contributed by atoms with Crippen LogP contribution in [0.15, 0.2) is 16.5 Å². The number of urea groups is 1. The molecule has 0 spiro atoms. The summed E-state index contributed by atoms with van der Waals surface area (Å²) in [6.45, 7) is 4.86. The molecule has 1 aliphatic rings. The Hall–Kier alpha value is -1.98. The van der Waals surface area contributed by atoms with E-state index in [1.807, 2.05) is 26.0 Å². The maximum absolute atomic E-state index is 12.3. The number of aliphatic carboxylic acids is 1. The van der Waals surface area contributed by atoms with Gasteiger partial charge in [0.05, 0.1) is 12.5 Å². The van der Waals surface area contributed by atoms with Crippen molar-refractivity contribution in [1.29, 1.82) is 0 Å². The molecule has 6 heteroatoms. The summed E-state index contributed by atoms with van der Waals surface area (Å²) in [5.74, 6) is 0.202. The molecular weight excluding hydrogens is 260 g/mol. The van der Waals surface area contributed by atoms with E-state index in [2.05, 4.69) is 0 Å². The third-order valence-corrected chi connectivity index (χ3v) is 3.72. The van der Waals surface area contributed by atoms with Crippen LogP contribution in [0.3, 0.4) is 0 Å². The van der Waals surface area contributed by atoms with Crippen LogP contribution in [0.25, 0.3) is 0 Å². The Labute approximate surface area is 118 Å². The molecule has 0 saturated carbocycles. The number of furan rings is 1. The van der Waals surface area contributed by atoms with Crippen molar-refractivity contribution in [3.05, 3.63) is 23.7 Å². The lowest BCUT2D eigenvalue weighted by atomic mass is 9.99. The van der Waals surface area contributed by atoms with Crippen molar-refractivity contribution in [2.24, 2.45) is 11.8 Å². The van der Waals surface area contributed by atoms with Crippen LogP contribution in [0.1, 0.15) is 18.4 Å². The van der Waals surface area contributed by atoms with E-state index >= 15 is 0 Å². The van der Waals surface area contributed by atoms with Crippen molar-refractivity contribution in [3.8, 4) is 0 Å². The van der Waals surface area contributed by atoms with E-state index in [4.69, 9.17) is 9.52 Å². The zero-order valence-corrected chi connectivity index (χ0v) is 12.0. The van der Waals surface area contributed by atoms with Gasteiger partial charge in [0.2, 0.25) is 0 Å². The lowest BCUT2D eigenvalue weighted by Gasteiger charge is -2.23. The molecule has 1 aromatic rings. The van der Waals surface area contributed by atoms with Crippen molar-refractivity contribution < 1.29 is 19.1 Å². The fourth-order valence-electron chi connectivity index (χ4n) is 2.56. The monoisotopic (exact) mass is 280 g/mol. The minimum absolute atomic E-state index is 0.0179. The molecule has 6 nitrogen and oxygen atoms in total. The average molecular weight is 280 g/mol. The molecule has 1 N–H and O–H groups in total. The molecule has 0 aliphatic carbocycles. The Balaban J connectivity index is 1.96. The van der Waals surface area contributed by atoms with Crippen LogP contribution in [-0.4, -0.2) is 47.0 Å². The quantitative estimate of drug-likeness (QED) is 0.916. The fraction of sp³-hybridized carbons (Fsp3) is 0.571. The number of carbonyl (C=O) groups is 2. The summed E-state index contributed by atoms with van der Waals surface area (Å²) in [5.41, 5.74) is 0. The van der Waals surface area contributed by atoms with Crippen molar-refractivity contribution >= 4 is 12.0 Å². The summed E-state index contributed by atoms with van der Waals surface area (Å²) >= 11 is 0. The van der Waals surface area contributed by atoms with Gasteiger partial charge in [-0.25, -0.2) is 4.79 Å². The Morgan fingerprint density at radius 2 is 2.15 bits per heavy atom. The maximum atomic E-state index is 12.3. The molecule has 20 heavy (non-hydrogen) atoms. The number of rotatable bonds is 3. The predicted molar refractivity (Wildman–Crippen MR) is 72.2 cm³/mol. The van der Waals surface area contributed by atoms with E-state index < -0.39 is 11.9 Å². The normalized spacial score (nSPS) is 22.1. The highest BCUT2D eigenvalue weighted by Crippen LogP contribution is 2.24. The molecule has 1 fully saturated rings. The van der Waals surface area contributed by atoms with Gasteiger partial charge in [-0.1, -0.05) is 6.92 Å². The molecule has 2 atom stereocenters. The number of aryl methyl sites for hydroxylation is 1. The SMILES string of the molecule is Cc1ccc(CN(C)C(=O)N2C[C@@H](C)[C@H](C(=O)O)C2)o1. The summed E-state index contributed by atoms with van der Waals surface area (Å²) in [6, 6.07) is 3.53.